The van der Waals surface area contributed by atoms with Crippen LogP contribution in [0.2, 0.25) is 0 Å². The Morgan fingerprint density at radius 1 is 0.271 bits per heavy atom. The molecule has 0 atom stereocenters. The van der Waals surface area contributed by atoms with Crippen LogP contribution in [0, 0.1) is 13.8 Å². The highest BCUT2D eigenvalue weighted by Gasteiger charge is 2.18. The maximum absolute atomic E-state index is 2.39. The number of hydrogen-bond donors (Lipinski definition) is 0. The third-order valence-corrected chi connectivity index (χ3v) is 10.1. The topological polar surface area (TPSA) is 0 Å². The van der Waals surface area contributed by atoms with E-state index in [0.29, 0.717) is 0 Å². The second kappa shape index (κ2) is 11.4. The Morgan fingerprint density at radius 3 is 1.48 bits per heavy atom. The van der Waals surface area contributed by atoms with E-state index in [2.05, 4.69) is 184 Å². The SMILES string of the molecule is Cc1ccc(-c2cccc(-c3c4ccccc4c(-c4cccc5ccccc45)c4ccccc34)c2)cc1-c1c(C)ccc2ccccc12. The van der Waals surface area contributed by atoms with Gasteiger partial charge in [-0.15, -0.1) is 0 Å². The molecule has 9 aromatic carbocycles. The summed E-state index contributed by atoms with van der Waals surface area (Å²) in [4.78, 5) is 0. The van der Waals surface area contributed by atoms with E-state index in [-0.39, 0.29) is 0 Å². The second-order valence-electron chi connectivity index (χ2n) is 13.0. The summed E-state index contributed by atoms with van der Waals surface area (Å²) in [6, 6.07) is 62.6. The summed E-state index contributed by atoms with van der Waals surface area (Å²) in [5.74, 6) is 0. The van der Waals surface area contributed by atoms with E-state index in [1.807, 2.05) is 0 Å². The van der Waals surface area contributed by atoms with Crippen LogP contribution in [-0.4, -0.2) is 0 Å². The van der Waals surface area contributed by atoms with Gasteiger partial charge in [-0.25, -0.2) is 0 Å². The van der Waals surface area contributed by atoms with Crippen molar-refractivity contribution in [1.29, 1.82) is 0 Å². The van der Waals surface area contributed by atoms with Crippen molar-refractivity contribution in [3.05, 3.63) is 181 Å². The van der Waals surface area contributed by atoms with Crippen molar-refractivity contribution in [3.8, 4) is 44.5 Å². The molecule has 0 aromatic heterocycles. The van der Waals surface area contributed by atoms with Crippen LogP contribution in [0.5, 0.6) is 0 Å². The van der Waals surface area contributed by atoms with Crippen LogP contribution < -0.4 is 0 Å². The van der Waals surface area contributed by atoms with Gasteiger partial charge in [-0.05, 0) is 125 Å². The molecule has 0 aliphatic heterocycles. The molecular weight excluding hydrogens is 577 g/mol. The summed E-state index contributed by atoms with van der Waals surface area (Å²) in [6.07, 6.45) is 0. The van der Waals surface area contributed by atoms with Gasteiger partial charge in [0.1, 0.15) is 0 Å². The Bertz CT molecular complexity index is 2630. The van der Waals surface area contributed by atoms with Crippen molar-refractivity contribution >= 4 is 43.1 Å². The fraction of sp³-hybridized carbons (Fsp3) is 0.0417. The first-order valence-corrected chi connectivity index (χ1v) is 16.8. The smallest absolute Gasteiger partial charge is 0.00201 e. The van der Waals surface area contributed by atoms with Crippen molar-refractivity contribution in [2.75, 3.05) is 0 Å². The van der Waals surface area contributed by atoms with Crippen LogP contribution in [0.15, 0.2) is 170 Å². The minimum atomic E-state index is 1.22. The standard InChI is InChI=1S/C48H34/c1-31-25-28-36(30-45(31)46-32(2)26-27-34-14-4-6-19-39(34)46)35-16-11-17-37(29-35)47-41-20-7-9-22-43(41)48(44-23-10-8-21-42(44)47)40-24-12-15-33-13-3-5-18-38(33)40/h3-30H,1-2H3. The van der Waals surface area contributed by atoms with Crippen LogP contribution in [0.3, 0.4) is 0 Å². The summed E-state index contributed by atoms with van der Waals surface area (Å²) < 4.78 is 0. The molecule has 0 spiro atoms. The zero-order valence-corrected chi connectivity index (χ0v) is 27.2. The van der Waals surface area contributed by atoms with E-state index in [1.165, 1.54) is 98.7 Å². The van der Waals surface area contributed by atoms with Gasteiger partial charge in [0.2, 0.25) is 0 Å². The largest absolute Gasteiger partial charge is 0.0616 e. The summed E-state index contributed by atoms with van der Waals surface area (Å²) >= 11 is 0. The number of fused-ring (bicyclic) bond motifs is 4. The first kappa shape index (κ1) is 28.3. The Morgan fingerprint density at radius 2 is 0.771 bits per heavy atom. The molecule has 226 valence electrons. The van der Waals surface area contributed by atoms with Gasteiger partial charge in [0.25, 0.3) is 0 Å². The lowest BCUT2D eigenvalue weighted by Gasteiger charge is -2.19. The zero-order valence-electron chi connectivity index (χ0n) is 27.2. The highest BCUT2D eigenvalue weighted by atomic mass is 14.2. The minimum Gasteiger partial charge on any atom is -0.0616 e. The van der Waals surface area contributed by atoms with Crippen LogP contribution in [-0.2, 0) is 0 Å². The van der Waals surface area contributed by atoms with Crippen molar-refractivity contribution < 1.29 is 0 Å². The summed E-state index contributed by atoms with van der Waals surface area (Å²) in [6.45, 7) is 4.46. The quantitative estimate of drug-likeness (QED) is 0.174. The Labute approximate surface area is 281 Å². The van der Waals surface area contributed by atoms with Gasteiger partial charge in [0.05, 0.1) is 0 Å². The van der Waals surface area contributed by atoms with Crippen LogP contribution >= 0.6 is 0 Å². The van der Waals surface area contributed by atoms with E-state index < -0.39 is 0 Å². The average molecular weight is 611 g/mol. The van der Waals surface area contributed by atoms with Crippen molar-refractivity contribution in [2.24, 2.45) is 0 Å². The monoisotopic (exact) mass is 610 g/mol. The van der Waals surface area contributed by atoms with Gasteiger partial charge < -0.3 is 0 Å². The predicted octanol–water partition coefficient (Wildman–Crippen LogP) is 13.6. The summed E-state index contributed by atoms with van der Waals surface area (Å²) in [5.41, 5.74) is 12.7. The predicted molar refractivity (Wildman–Crippen MR) is 208 cm³/mol. The molecule has 9 rings (SSSR count). The van der Waals surface area contributed by atoms with Gasteiger partial charge in [-0.3, -0.25) is 0 Å². The van der Waals surface area contributed by atoms with Crippen molar-refractivity contribution in [2.45, 2.75) is 13.8 Å². The zero-order chi connectivity index (χ0) is 32.2. The summed E-state index contributed by atoms with van der Waals surface area (Å²) in [5, 5.41) is 10.2. The molecule has 0 nitrogen and oxygen atoms in total. The van der Waals surface area contributed by atoms with Crippen LogP contribution in [0.25, 0.3) is 87.6 Å². The fourth-order valence-electron chi connectivity index (χ4n) is 7.84. The number of benzene rings is 9. The molecule has 0 unspecified atom stereocenters. The van der Waals surface area contributed by atoms with Crippen molar-refractivity contribution in [1.82, 2.24) is 0 Å². The molecule has 0 aliphatic carbocycles. The summed E-state index contributed by atoms with van der Waals surface area (Å²) in [7, 11) is 0. The first-order valence-electron chi connectivity index (χ1n) is 16.8. The third-order valence-electron chi connectivity index (χ3n) is 10.1. The van der Waals surface area contributed by atoms with Crippen LogP contribution in [0.4, 0.5) is 0 Å². The van der Waals surface area contributed by atoms with Gasteiger partial charge in [-0.1, -0.05) is 158 Å². The molecule has 0 bridgehead atoms. The van der Waals surface area contributed by atoms with E-state index in [4.69, 9.17) is 0 Å². The molecule has 0 radical (unpaired) electrons. The molecule has 9 aromatic rings. The molecule has 48 heavy (non-hydrogen) atoms. The molecule has 0 heterocycles. The Hall–Kier alpha value is -5.98. The normalized spacial score (nSPS) is 11.5. The lowest BCUT2D eigenvalue weighted by molar-refractivity contribution is 1.42. The lowest BCUT2D eigenvalue weighted by Crippen LogP contribution is -1.92. The first-order chi connectivity index (χ1) is 23.7. The van der Waals surface area contributed by atoms with Gasteiger partial charge in [-0.2, -0.15) is 0 Å². The van der Waals surface area contributed by atoms with Crippen molar-refractivity contribution in [3.63, 3.8) is 0 Å². The highest BCUT2D eigenvalue weighted by molar-refractivity contribution is 6.23. The molecule has 0 fully saturated rings. The maximum atomic E-state index is 2.39. The second-order valence-corrected chi connectivity index (χ2v) is 13.0. The lowest BCUT2D eigenvalue weighted by atomic mass is 9.84. The van der Waals surface area contributed by atoms with E-state index in [9.17, 15) is 0 Å². The van der Waals surface area contributed by atoms with E-state index >= 15 is 0 Å². The molecule has 0 N–H and O–H groups in total. The molecule has 0 amide bonds. The number of rotatable bonds is 4. The maximum Gasteiger partial charge on any atom is -0.00201 e. The van der Waals surface area contributed by atoms with E-state index in [0.717, 1.165) is 0 Å². The average Bonchev–Trinajstić information content (AvgIpc) is 3.14. The Kier molecular flexibility index (Phi) is 6.69. The molecule has 0 saturated carbocycles. The van der Waals surface area contributed by atoms with Crippen LogP contribution in [0.1, 0.15) is 11.1 Å². The Balaban J connectivity index is 1.27. The molecule has 0 heteroatoms. The number of aryl methyl sites for hydroxylation is 2. The molecule has 0 aliphatic rings. The highest BCUT2D eigenvalue weighted by Crippen LogP contribution is 2.46. The minimum absolute atomic E-state index is 1.22. The molecule has 0 saturated heterocycles. The molecular formula is C48H34. The number of hydrogen-bond acceptors (Lipinski definition) is 0. The van der Waals surface area contributed by atoms with E-state index in [1.54, 1.807) is 0 Å². The van der Waals surface area contributed by atoms with Gasteiger partial charge in [0.15, 0.2) is 0 Å². The van der Waals surface area contributed by atoms with Gasteiger partial charge >= 0.3 is 0 Å². The third kappa shape index (κ3) is 4.53. The fourth-order valence-corrected chi connectivity index (χ4v) is 7.84. The van der Waals surface area contributed by atoms with Gasteiger partial charge in [0, 0.05) is 0 Å².